The quantitative estimate of drug-likeness (QED) is 0.563. The van der Waals surface area contributed by atoms with Gasteiger partial charge in [0.25, 0.3) is 5.91 Å². The number of benzene rings is 1. The van der Waals surface area contributed by atoms with Crippen LogP contribution in [0.2, 0.25) is 0 Å². The van der Waals surface area contributed by atoms with Crippen LogP contribution in [0.25, 0.3) is 17.4 Å². The summed E-state index contributed by atoms with van der Waals surface area (Å²) in [5, 5.41) is 0. The highest BCUT2D eigenvalue weighted by Gasteiger charge is 2.31. The van der Waals surface area contributed by atoms with E-state index in [0.717, 1.165) is 23.9 Å². The lowest BCUT2D eigenvalue weighted by molar-refractivity contribution is -0.137. The Kier molecular flexibility index (Phi) is 4.27. The molecule has 1 aromatic heterocycles. The molecular weight excluding hydrogens is 359 g/mol. The second kappa shape index (κ2) is 6.10. The Hall–Kier alpha value is -2.06. The third-order valence-corrected chi connectivity index (χ3v) is 4.85. The normalized spacial score (nSPS) is 17.2. The summed E-state index contributed by atoms with van der Waals surface area (Å²) >= 11 is 6.18. The van der Waals surface area contributed by atoms with Gasteiger partial charge in [0.1, 0.15) is 15.8 Å². The van der Waals surface area contributed by atoms with E-state index in [1.807, 2.05) is 0 Å². The smallest absolute Gasteiger partial charge is 0.416 e. The molecule has 2 heterocycles. The largest absolute Gasteiger partial charge is 0.457 e. The van der Waals surface area contributed by atoms with Gasteiger partial charge in [-0.1, -0.05) is 36.1 Å². The van der Waals surface area contributed by atoms with Crippen LogP contribution in [0.3, 0.4) is 0 Å². The predicted molar refractivity (Wildman–Crippen MR) is 90.1 cm³/mol. The molecule has 1 amide bonds. The molecule has 1 fully saturated rings. The van der Waals surface area contributed by atoms with E-state index in [0.29, 0.717) is 26.3 Å². The Labute approximate surface area is 145 Å². The second-order valence-corrected chi connectivity index (χ2v) is 6.70. The minimum atomic E-state index is -4.42. The SMILES string of the molecule is CN1C(=O)C(=Cc2ccc(-c3cccc(C(F)(F)F)c3)o2)SC1=S. The number of alkyl halides is 3. The number of halogens is 3. The van der Waals surface area contributed by atoms with Crippen LogP contribution in [-0.2, 0) is 11.0 Å². The fourth-order valence-electron chi connectivity index (χ4n) is 2.11. The van der Waals surface area contributed by atoms with Gasteiger partial charge >= 0.3 is 6.18 Å². The topological polar surface area (TPSA) is 33.5 Å². The van der Waals surface area contributed by atoms with E-state index >= 15 is 0 Å². The van der Waals surface area contributed by atoms with Gasteiger partial charge in [-0.3, -0.25) is 9.69 Å². The van der Waals surface area contributed by atoms with Gasteiger partial charge in [-0.25, -0.2) is 0 Å². The number of carbonyl (C=O) groups is 1. The molecule has 0 bridgehead atoms. The molecule has 1 aliphatic rings. The highest BCUT2D eigenvalue weighted by Crippen LogP contribution is 2.34. The van der Waals surface area contributed by atoms with Gasteiger partial charge in [-0.15, -0.1) is 0 Å². The fourth-order valence-corrected chi connectivity index (χ4v) is 3.27. The van der Waals surface area contributed by atoms with Crippen molar-refractivity contribution in [2.45, 2.75) is 6.18 Å². The van der Waals surface area contributed by atoms with Gasteiger partial charge in [0.15, 0.2) is 0 Å². The zero-order chi connectivity index (χ0) is 17.5. The summed E-state index contributed by atoms with van der Waals surface area (Å²) < 4.78 is 44.3. The van der Waals surface area contributed by atoms with E-state index in [9.17, 15) is 18.0 Å². The first-order valence-corrected chi connectivity index (χ1v) is 7.97. The molecule has 2 aromatic rings. The molecule has 3 nitrogen and oxygen atoms in total. The average Bonchev–Trinajstić information content (AvgIpc) is 3.08. The summed E-state index contributed by atoms with van der Waals surface area (Å²) in [6.07, 6.45) is -2.89. The van der Waals surface area contributed by atoms with Crippen LogP contribution in [0.15, 0.2) is 45.7 Å². The highest BCUT2D eigenvalue weighted by atomic mass is 32.2. The molecule has 1 saturated heterocycles. The van der Waals surface area contributed by atoms with Gasteiger partial charge in [0.05, 0.1) is 10.5 Å². The molecule has 124 valence electrons. The monoisotopic (exact) mass is 369 g/mol. The van der Waals surface area contributed by atoms with Crippen LogP contribution in [0.1, 0.15) is 11.3 Å². The van der Waals surface area contributed by atoms with Crippen LogP contribution < -0.4 is 0 Å². The summed E-state index contributed by atoms with van der Waals surface area (Å²) in [6.45, 7) is 0. The molecule has 3 rings (SSSR count). The number of furan rings is 1. The lowest BCUT2D eigenvalue weighted by Crippen LogP contribution is -2.22. The summed E-state index contributed by atoms with van der Waals surface area (Å²) in [7, 11) is 1.58. The number of nitrogens with zero attached hydrogens (tertiary/aromatic N) is 1. The van der Waals surface area contributed by atoms with E-state index in [1.54, 1.807) is 19.2 Å². The van der Waals surface area contributed by atoms with Crippen molar-refractivity contribution in [2.24, 2.45) is 0 Å². The van der Waals surface area contributed by atoms with Crippen LogP contribution in [0.5, 0.6) is 0 Å². The van der Waals surface area contributed by atoms with Crippen molar-refractivity contribution in [2.75, 3.05) is 7.05 Å². The predicted octanol–water partition coefficient (Wildman–Crippen LogP) is 4.80. The molecule has 0 saturated carbocycles. The van der Waals surface area contributed by atoms with Crippen molar-refractivity contribution >= 4 is 40.3 Å². The van der Waals surface area contributed by atoms with E-state index in [-0.39, 0.29) is 5.91 Å². The molecular formula is C16H10F3NO2S2. The molecule has 1 aromatic carbocycles. The zero-order valence-corrected chi connectivity index (χ0v) is 13.9. The number of hydrogen-bond donors (Lipinski definition) is 0. The molecule has 24 heavy (non-hydrogen) atoms. The van der Waals surface area contributed by atoms with E-state index < -0.39 is 11.7 Å². The van der Waals surface area contributed by atoms with Crippen LogP contribution in [-0.4, -0.2) is 22.2 Å². The van der Waals surface area contributed by atoms with E-state index in [2.05, 4.69) is 0 Å². The number of amides is 1. The maximum atomic E-state index is 12.8. The van der Waals surface area contributed by atoms with Gasteiger partial charge in [-0.05, 0) is 24.3 Å². The van der Waals surface area contributed by atoms with Crippen LogP contribution in [0.4, 0.5) is 13.2 Å². The maximum absolute atomic E-state index is 12.8. The molecule has 0 aliphatic carbocycles. The third kappa shape index (κ3) is 3.25. The minimum Gasteiger partial charge on any atom is -0.457 e. The molecule has 8 heteroatoms. The van der Waals surface area contributed by atoms with Crippen molar-refractivity contribution in [3.8, 4) is 11.3 Å². The van der Waals surface area contributed by atoms with E-state index in [4.69, 9.17) is 16.6 Å². The Balaban J connectivity index is 1.90. The lowest BCUT2D eigenvalue weighted by Gasteiger charge is -2.07. The standard InChI is InChI=1S/C16H10F3NO2S2/c1-20-14(21)13(24-15(20)23)8-11-5-6-12(22-11)9-3-2-4-10(7-9)16(17,18)19/h2-8H,1H3. The number of carbonyl (C=O) groups excluding carboxylic acids is 1. The number of thiocarbonyl (C=S) groups is 1. The number of thioether (sulfide) groups is 1. The average molecular weight is 369 g/mol. The Morgan fingerprint density at radius 1 is 1.25 bits per heavy atom. The highest BCUT2D eigenvalue weighted by molar-refractivity contribution is 8.26. The summed E-state index contributed by atoms with van der Waals surface area (Å²) in [5.41, 5.74) is -0.433. The molecule has 0 spiro atoms. The van der Waals surface area contributed by atoms with Crippen molar-refractivity contribution in [3.05, 3.63) is 52.6 Å². The van der Waals surface area contributed by atoms with Gasteiger partial charge in [0, 0.05) is 18.7 Å². The van der Waals surface area contributed by atoms with E-state index in [1.165, 1.54) is 23.1 Å². The van der Waals surface area contributed by atoms with Gasteiger partial charge in [0.2, 0.25) is 0 Å². The summed E-state index contributed by atoms with van der Waals surface area (Å²) in [5.74, 6) is 0.428. The molecule has 0 unspecified atom stereocenters. The Morgan fingerprint density at radius 3 is 2.62 bits per heavy atom. The third-order valence-electron chi connectivity index (χ3n) is 3.36. The summed E-state index contributed by atoms with van der Waals surface area (Å²) in [6, 6.07) is 8.03. The Bertz CT molecular complexity index is 855. The number of hydrogen-bond acceptors (Lipinski definition) is 4. The van der Waals surface area contributed by atoms with Gasteiger partial charge in [-0.2, -0.15) is 13.2 Å². The molecule has 0 N–H and O–H groups in total. The maximum Gasteiger partial charge on any atom is 0.416 e. The van der Waals surface area contributed by atoms with Crippen molar-refractivity contribution in [1.82, 2.24) is 4.90 Å². The van der Waals surface area contributed by atoms with Crippen molar-refractivity contribution < 1.29 is 22.4 Å². The first-order chi connectivity index (χ1) is 11.3. The second-order valence-electron chi connectivity index (χ2n) is 5.02. The Morgan fingerprint density at radius 2 is 2.00 bits per heavy atom. The lowest BCUT2D eigenvalue weighted by atomic mass is 10.1. The molecule has 1 aliphatic heterocycles. The number of likely N-dealkylation sites (N-methyl/N-ethyl adjacent to an activating group) is 1. The van der Waals surface area contributed by atoms with Crippen molar-refractivity contribution in [3.63, 3.8) is 0 Å². The van der Waals surface area contributed by atoms with Crippen LogP contribution in [0, 0.1) is 0 Å². The molecule has 0 radical (unpaired) electrons. The first-order valence-electron chi connectivity index (χ1n) is 6.75. The zero-order valence-electron chi connectivity index (χ0n) is 12.3. The first kappa shape index (κ1) is 16.8. The number of rotatable bonds is 2. The molecule has 0 atom stereocenters. The summed E-state index contributed by atoms with van der Waals surface area (Å²) in [4.78, 5) is 13.7. The minimum absolute atomic E-state index is 0.234. The van der Waals surface area contributed by atoms with Gasteiger partial charge < -0.3 is 4.42 Å². The van der Waals surface area contributed by atoms with Crippen LogP contribution >= 0.6 is 24.0 Å². The van der Waals surface area contributed by atoms with Crippen molar-refractivity contribution in [1.29, 1.82) is 0 Å². The fraction of sp³-hybridized carbons (Fsp3) is 0.125.